The first-order valence-corrected chi connectivity index (χ1v) is 10.7. The van der Waals surface area contributed by atoms with E-state index in [1.165, 1.54) is 0 Å². The van der Waals surface area contributed by atoms with E-state index in [2.05, 4.69) is 24.5 Å². The minimum absolute atomic E-state index is 0.367. The van der Waals surface area contributed by atoms with Gasteiger partial charge in [0.15, 0.2) is 0 Å². The maximum Gasteiger partial charge on any atom is 0.239 e. The number of carbonyl (C=O) groups excluding carboxylic acids is 1. The van der Waals surface area contributed by atoms with Gasteiger partial charge in [-0.05, 0) is 24.4 Å². The Labute approximate surface area is 151 Å². The number of hydrogen-bond acceptors (Lipinski definition) is 5. The molecule has 0 aliphatic carbocycles. The summed E-state index contributed by atoms with van der Waals surface area (Å²) in [5.74, 6) is -0.420. The zero-order valence-corrected chi connectivity index (χ0v) is 16.4. The number of benzene rings is 1. The van der Waals surface area contributed by atoms with Crippen LogP contribution in [-0.4, -0.2) is 44.6 Å². The van der Waals surface area contributed by atoms with Crippen molar-refractivity contribution in [3.8, 4) is 0 Å². The topological polar surface area (TPSA) is 101 Å². The lowest BCUT2D eigenvalue weighted by molar-refractivity contribution is -0.124. The first-order valence-electron chi connectivity index (χ1n) is 8.61. The molecule has 0 saturated carbocycles. The van der Waals surface area contributed by atoms with Crippen LogP contribution in [-0.2, 0) is 21.1 Å². The first-order chi connectivity index (χ1) is 11.6. The molecule has 0 aliphatic heterocycles. The largest absolute Gasteiger partial charge is 0.336 e. The second-order valence-corrected chi connectivity index (χ2v) is 9.25. The van der Waals surface area contributed by atoms with Gasteiger partial charge in [0.1, 0.15) is 9.84 Å². The summed E-state index contributed by atoms with van der Waals surface area (Å²) in [6, 6.07) is 8.77. The van der Waals surface area contributed by atoms with Crippen LogP contribution < -0.4 is 16.4 Å². The fourth-order valence-electron chi connectivity index (χ4n) is 2.56. The molecule has 0 heterocycles. The summed E-state index contributed by atoms with van der Waals surface area (Å²) in [7, 11) is -3.32. The molecule has 0 aliphatic rings. The number of rotatable bonds is 10. The predicted octanol–water partition coefficient (Wildman–Crippen LogP) is 1.07. The smallest absolute Gasteiger partial charge is 0.239 e. The lowest BCUT2D eigenvalue weighted by Gasteiger charge is -2.37. The van der Waals surface area contributed by atoms with Gasteiger partial charge in [0.2, 0.25) is 5.91 Å². The van der Waals surface area contributed by atoms with E-state index < -0.39 is 27.4 Å². The maximum absolute atomic E-state index is 12.5. The lowest BCUT2D eigenvalue weighted by Crippen LogP contribution is -2.63. The van der Waals surface area contributed by atoms with Crippen molar-refractivity contribution in [2.75, 3.05) is 18.6 Å². The standard InChI is InChI=1S/C18H31N3O3S/c1-5-18(20-12-14(2)3,11-15-9-7-6-8-10-15)21-17(22)16(19)13-25(4,23)24/h6-10,14,16,20H,5,11-13,19H2,1-4H3,(H,21,22)/t16-,18+/m1/s1. The minimum atomic E-state index is -3.32. The van der Waals surface area contributed by atoms with E-state index in [1.54, 1.807) is 0 Å². The van der Waals surface area contributed by atoms with E-state index in [9.17, 15) is 13.2 Å². The predicted molar refractivity (Wildman–Crippen MR) is 102 cm³/mol. The number of nitrogens with two attached hydrogens (primary N) is 1. The summed E-state index contributed by atoms with van der Waals surface area (Å²) < 4.78 is 22.8. The Morgan fingerprint density at radius 1 is 1.24 bits per heavy atom. The monoisotopic (exact) mass is 369 g/mol. The zero-order chi connectivity index (χ0) is 19.1. The van der Waals surface area contributed by atoms with Crippen molar-refractivity contribution in [1.29, 1.82) is 0 Å². The summed E-state index contributed by atoms with van der Waals surface area (Å²) in [6.45, 7) is 6.89. The van der Waals surface area contributed by atoms with Crippen LogP contribution in [0.1, 0.15) is 32.8 Å². The number of amides is 1. The van der Waals surface area contributed by atoms with E-state index >= 15 is 0 Å². The van der Waals surface area contributed by atoms with Crippen molar-refractivity contribution < 1.29 is 13.2 Å². The van der Waals surface area contributed by atoms with Gasteiger partial charge in [-0.25, -0.2) is 8.42 Å². The normalized spacial score (nSPS) is 15.6. The number of sulfone groups is 1. The van der Waals surface area contributed by atoms with E-state index in [0.29, 0.717) is 18.8 Å². The summed E-state index contributed by atoms with van der Waals surface area (Å²) in [6.07, 6.45) is 2.31. The minimum Gasteiger partial charge on any atom is -0.336 e. The second-order valence-electron chi connectivity index (χ2n) is 7.06. The molecule has 2 atom stereocenters. The molecule has 0 aromatic heterocycles. The van der Waals surface area contributed by atoms with Gasteiger partial charge in [0.05, 0.1) is 17.5 Å². The van der Waals surface area contributed by atoms with Crippen molar-refractivity contribution in [1.82, 2.24) is 10.6 Å². The van der Waals surface area contributed by atoms with Crippen LogP contribution in [0, 0.1) is 5.92 Å². The fraction of sp³-hybridized carbons (Fsp3) is 0.611. The fourth-order valence-corrected chi connectivity index (χ4v) is 3.37. The Hall–Kier alpha value is -1.44. The van der Waals surface area contributed by atoms with Crippen LogP contribution in [0.15, 0.2) is 30.3 Å². The highest BCUT2D eigenvalue weighted by atomic mass is 32.2. The van der Waals surface area contributed by atoms with Crippen LogP contribution >= 0.6 is 0 Å². The van der Waals surface area contributed by atoms with Crippen molar-refractivity contribution in [2.24, 2.45) is 11.7 Å². The van der Waals surface area contributed by atoms with Crippen LogP contribution in [0.25, 0.3) is 0 Å². The first kappa shape index (κ1) is 21.6. The third-order valence-electron chi connectivity index (χ3n) is 3.98. The van der Waals surface area contributed by atoms with Crippen molar-refractivity contribution in [2.45, 2.75) is 45.3 Å². The van der Waals surface area contributed by atoms with Crippen LogP contribution in [0.4, 0.5) is 0 Å². The average molecular weight is 370 g/mol. The van der Waals surface area contributed by atoms with Crippen LogP contribution in [0.5, 0.6) is 0 Å². The van der Waals surface area contributed by atoms with Gasteiger partial charge in [0, 0.05) is 12.7 Å². The Morgan fingerprint density at radius 2 is 1.84 bits per heavy atom. The molecular formula is C18H31N3O3S. The average Bonchev–Trinajstić information content (AvgIpc) is 2.52. The molecule has 0 radical (unpaired) electrons. The number of nitrogens with one attached hydrogen (secondary N) is 2. The van der Waals surface area contributed by atoms with Gasteiger partial charge >= 0.3 is 0 Å². The highest BCUT2D eigenvalue weighted by Crippen LogP contribution is 2.16. The quantitative estimate of drug-likeness (QED) is 0.536. The lowest BCUT2D eigenvalue weighted by atomic mass is 9.95. The van der Waals surface area contributed by atoms with Crippen molar-refractivity contribution in [3.63, 3.8) is 0 Å². The Kier molecular flexibility index (Phi) is 8.05. The maximum atomic E-state index is 12.5. The third kappa shape index (κ3) is 7.98. The van der Waals surface area contributed by atoms with Gasteiger partial charge in [0.25, 0.3) is 0 Å². The molecule has 0 bridgehead atoms. The van der Waals surface area contributed by atoms with Gasteiger partial charge in [-0.3, -0.25) is 10.1 Å². The van der Waals surface area contributed by atoms with E-state index in [4.69, 9.17) is 5.73 Å². The number of carbonyl (C=O) groups is 1. The summed E-state index contributed by atoms with van der Waals surface area (Å²) in [4.78, 5) is 12.5. The highest BCUT2D eigenvalue weighted by Gasteiger charge is 2.32. The molecule has 0 saturated heterocycles. The molecule has 4 N–H and O–H groups in total. The van der Waals surface area contributed by atoms with Crippen molar-refractivity contribution >= 4 is 15.7 Å². The van der Waals surface area contributed by atoms with Crippen molar-refractivity contribution in [3.05, 3.63) is 35.9 Å². The number of hydrogen-bond donors (Lipinski definition) is 3. The molecule has 142 valence electrons. The van der Waals surface area contributed by atoms with Gasteiger partial charge in [-0.1, -0.05) is 51.1 Å². The molecule has 1 aromatic carbocycles. The van der Waals surface area contributed by atoms with Gasteiger partial charge in [-0.15, -0.1) is 0 Å². The molecule has 1 rings (SSSR count). The molecule has 7 heteroatoms. The molecule has 0 fully saturated rings. The summed E-state index contributed by atoms with van der Waals surface area (Å²) in [5, 5.41) is 6.41. The van der Waals surface area contributed by atoms with Crippen LogP contribution in [0.3, 0.4) is 0 Å². The summed E-state index contributed by atoms with van der Waals surface area (Å²) >= 11 is 0. The van der Waals surface area contributed by atoms with Gasteiger partial charge in [-0.2, -0.15) is 0 Å². The zero-order valence-electron chi connectivity index (χ0n) is 15.6. The second kappa shape index (κ2) is 9.31. The Balaban J connectivity index is 2.97. The van der Waals surface area contributed by atoms with Gasteiger partial charge < -0.3 is 11.1 Å². The van der Waals surface area contributed by atoms with E-state index in [0.717, 1.165) is 18.4 Å². The molecule has 0 unspecified atom stereocenters. The third-order valence-corrected chi connectivity index (χ3v) is 4.95. The van der Waals surface area contributed by atoms with E-state index in [1.807, 2.05) is 37.3 Å². The van der Waals surface area contributed by atoms with E-state index in [-0.39, 0.29) is 5.75 Å². The SMILES string of the molecule is CC[C@](Cc1ccccc1)(NCC(C)C)NC(=O)[C@H](N)CS(C)(=O)=O. The molecule has 0 spiro atoms. The molecule has 6 nitrogen and oxygen atoms in total. The molecular weight excluding hydrogens is 338 g/mol. The Bertz CT molecular complexity index is 647. The molecule has 1 amide bonds. The summed E-state index contributed by atoms with van der Waals surface area (Å²) in [5.41, 5.74) is 6.21. The Morgan fingerprint density at radius 3 is 2.32 bits per heavy atom. The molecule has 25 heavy (non-hydrogen) atoms. The molecule has 1 aromatic rings. The van der Waals surface area contributed by atoms with Crippen LogP contribution in [0.2, 0.25) is 0 Å². The highest BCUT2D eigenvalue weighted by molar-refractivity contribution is 7.90.